The van der Waals surface area contributed by atoms with Gasteiger partial charge in [-0.05, 0) is 75.9 Å². The second-order valence-corrected chi connectivity index (χ2v) is 8.63. The summed E-state index contributed by atoms with van der Waals surface area (Å²) >= 11 is 0. The molecule has 0 aromatic heterocycles. The van der Waals surface area contributed by atoms with Crippen LogP contribution in [-0.4, -0.2) is 35.8 Å². The Morgan fingerprint density at radius 1 is 1.03 bits per heavy atom. The summed E-state index contributed by atoms with van der Waals surface area (Å²) in [6, 6.07) is 11.0. The summed E-state index contributed by atoms with van der Waals surface area (Å²) < 4.78 is 11.1. The molecular formula is C24H31N3O4. The van der Waals surface area contributed by atoms with Crippen LogP contribution in [-0.2, 0) is 17.7 Å². The van der Waals surface area contributed by atoms with Crippen molar-refractivity contribution in [1.82, 2.24) is 4.90 Å². The quantitative estimate of drug-likeness (QED) is 0.694. The first-order valence-electron chi connectivity index (χ1n) is 10.6. The van der Waals surface area contributed by atoms with E-state index in [4.69, 9.17) is 9.47 Å². The molecule has 7 heteroatoms. The van der Waals surface area contributed by atoms with Crippen molar-refractivity contribution in [2.45, 2.75) is 53.2 Å². The molecule has 3 rings (SSSR count). The van der Waals surface area contributed by atoms with Gasteiger partial charge in [0, 0.05) is 30.5 Å². The van der Waals surface area contributed by atoms with Crippen molar-refractivity contribution in [3.05, 3.63) is 53.1 Å². The predicted octanol–water partition coefficient (Wildman–Crippen LogP) is 5.33. The highest BCUT2D eigenvalue weighted by atomic mass is 16.6. The largest absolute Gasteiger partial charge is 0.494 e. The number of hydrogen-bond acceptors (Lipinski definition) is 4. The van der Waals surface area contributed by atoms with Gasteiger partial charge in [0.2, 0.25) is 0 Å². The SMILES string of the molecule is CCOc1cc(NC(=O)Nc2ccc3c(c2)CCN(C(=O)OC(C)(C)C)C3)ccc1C. The number of fused-ring (bicyclic) bond motifs is 1. The highest BCUT2D eigenvalue weighted by Gasteiger charge is 2.25. The zero-order valence-corrected chi connectivity index (χ0v) is 18.9. The number of carbonyl (C=O) groups excluding carboxylic acids is 2. The fourth-order valence-electron chi connectivity index (χ4n) is 3.40. The summed E-state index contributed by atoms with van der Waals surface area (Å²) in [5.74, 6) is 0.753. The molecule has 0 atom stereocenters. The Hall–Kier alpha value is -3.22. The molecule has 1 aliphatic rings. The first-order valence-corrected chi connectivity index (χ1v) is 10.6. The molecule has 31 heavy (non-hydrogen) atoms. The van der Waals surface area contributed by atoms with Crippen molar-refractivity contribution >= 4 is 23.5 Å². The zero-order valence-electron chi connectivity index (χ0n) is 18.9. The minimum Gasteiger partial charge on any atom is -0.494 e. The fourth-order valence-corrected chi connectivity index (χ4v) is 3.40. The first kappa shape index (κ1) is 22.5. The maximum Gasteiger partial charge on any atom is 0.410 e. The standard InChI is InChI=1S/C24H31N3O4/c1-6-30-21-14-20(9-7-16(21)2)26-22(28)25-19-10-8-18-15-27(12-11-17(18)13-19)23(29)31-24(3,4)5/h7-10,13-14H,6,11-12,15H2,1-5H3,(H2,25,26,28). The molecule has 2 aromatic carbocycles. The third-order valence-electron chi connectivity index (χ3n) is 4.87. The van der Waals surface area contributed by atoms with E-state index < -0.39 is 5.60 Å². The van der Waals surface area contributed by atoms with E-state index in [2.05, 4.69) is 10.6 Å². The number of nitrogens with zero attached hydrogens (tertiary/aromatic N) is 1. The number of hydrogen-bond donors (Lipinski definition) is 2. The Morgan fingerprint density at radius 3 is 2.39 bits per heavy atom. The molecule has 166 valence electrons. The number of benzene rings is 2. The minimum absolute atomic E-state index is 0.302. The minimum atomic E-state index is -0.515. The van der Waals surface area contributed by atoms with Crippen LogP contribution in [0.4, 0.5) is 21.0 Å². The average Bonchev–Trinajstić information content (AvgIpc) is 2.69. The molecule has 0 unspecified atom stereocenters. The third kappa shape index (κ3) is 6.13. The van der Waals surface area contributed by atoms with Gasteiger partial charge in [0.05, 0.1) is 6.61 Å². The van der Waals surface area contributed by atoms with Gasteiger partial charge in [-0.25, -0.2) is 9.59 Å². The molecule has 0 saturated heterocycles. The molecule has 0 bridgehead atoms. The van der Waals surface area contributed by atoms with Gasteiger partial charge in [-0.2, -0.15) is 0 Å². The fraction of sp³-hybridized carbons (Fsp3) is 0.417. The van der Waals surface area contributed by atoms with Crippen LogP contribution in [0.3, 0.4) is 0 Å². The maximum absolute atomic E-state index is 12.4. The normalized spacial score (nSPS) is 13.3. The van der Waals surface area contributed by atoms with Crippen LogP contribution in [0, 0.1) is 6.92 Å². The van der Waals surface area contributed by atoms with E-state index in [1.807, 2.05) is 71.0 Å². The lowest BCUT2D eigenvalue weighted by Gasteiger charge is -2.31. The van der Waals surface area contributed by atoms with E-state index in [0.717, 1.165) is 22.4 Å². The third-order valence-corrected chi connectivity index (χ3v) is 4.87. The van der Waals surface area contributed by atoms with Crippen molar-refractivity contribution < 1.29 is 19.1 Å². The van der Waals surface area contributed by atoms with E-state index in [1.54, 1.807) is 4.90 Å². The predicted molar refractivity (Wildman–Crippen MR) is 122 cm³/mol. The number of ether oxygens (including phenoxy) is 2. The Balaban J connectivity index is 1.61. The molecule has 3 amide bonds. The molecule has 0 radical (unpaired) electrons. The molecule has 2 aromatic rings. The van der Waals surface area contributed by atoms with Crippen molar-refractivity contribution in [3.8, 4) is 5.75 Å². The second-order valence-electron chi connectivity index (χ2n) is 8.63. The van der Waals surface area contributed by atoms with Gasteiger partial charge < -0.3 is 25.0 Å². The van der Waals surface area contributed by atoms with Crippen LogP contribution in [0.5, 0.6) is 5.75 Å². The highest BCUT2D eigenvalue weighted by molar-refractivity contribution is 6.00. The van der Waals surface area contributed by atoms with Gasteiger partial charge in [-0.3, -0.25) is 0 Å². The summed E-state index contributed by atoms with van der Waals surface area (Å²) in [6.07, 6.45) is 0.408. The lowest BCUT2D eigenvalue weighted by Crippen LogP contribution is -2.39. The van der Waals surface area contributed by atoms with Gasteiger partial charge in [0.1, 0.15) is 11.4 Å². The smallest absolute Gasteiger partial charge is 0.410 e. The molecule has 7 nitrogen and oxygen atoms in total. The van der Waals surface area contributed by atoms with Gasteiger partial charge >= 0.3 is 12.1 Å². The summed E-state index contributed by atoms with van der Waals surface area (Å²) in [7, 11) is 0. The molecule has 0 spiro atoms. The molecule has 1 heterocycles. The maximum atomic E-state index is 12.4. The molecule has 0 fully saturated rings. The lowest BCUT2D eigenvalue weighted by molar-refractivity contribution is 0.0224. The van der Waals surface area contributed by atoms with E-state index in [0.29, 0.717) is 37.5 Å². The van der Waals surface area contributed by atoms with Gasteiger partial charge in [0.25, 0.3) is 0 Å². The van der Waals surface area contributed by atoms with Gasteiger partial charge in [-0.15, -0.1) is 0 Å². The van der Waals surface area contributed by atoms with Crippen LogP contribution in [0.2, 0.25) is 0 Å². The average molecular weight is 426 g/mol. The topological polar surface area (TPSA) is 79.9 Å². The van der Waals surface area contributed by atoms with Crippen molar-refractivity contribution in [2.24, 2.45) is 0 Å². The van der Waals surface area contributed by atoms with Crippen LogP contribution in [0.1, 0.15) is 44.4 Å². The summed E-state index contributed by atoms with van der Waals surface area (Å²) in [6.45, 7) is 11.1. The van der Waals surface area contributed by atoms with Crippen LogP contribution >= 0.6 is 0 Å². The Bertz CT molecular complexity index is 966. The Morgan fingerprint density at radius 2 is 1.71 bits per heavy atom. The van der Waals surface area contributed by atoms with Crippen LogP contribution in [0.15, 0.2) is 36.4 Å². The number of carbonyl (C=O) groups is 2. The number of nitrogens with one attached hydrogen (secondary N) is 2. The van der Waals surface area contributed by atoms with E-state index >= 15 is 0 Å². The Kier molecular flexibility index (Phi) is 6.73. The zero-order chi connectivity index (χ0) is 22.6. The van der Waals surface area contributed by atoms with E-state index in [-0.39, 0.29) is 12.1 Å². The van der Waals surface area contributed by atoms with E-state index in [9.17, 15) is 9.59 Å². The molecule has 2 N–H and O–H groups in total. The summed E-state index contributed by atoms with van der Waals surface area (Å²) in [4.78, 5) is 26.5. The van der Waals surface area contributed by atoms with Crippen molar-refractivity contribution in [3.63, 3.8) is 0 Å². The van der Waals surface area contributed by atoms with Gasteiger partial charge in [0.15, 0.2) is 0 Å². The van der Waals surface area contributed by atoms with E-state index in [1.165, 1.54) is 0 Å². The molecule has 1 aliphatic heterocycles. The monoisotopic (exact) mass is 425 g/mol. The lowest BCUT2D eigenvalue weighted by atomic mass is 9.99. The number of rotatable bonds is 4. The highest BCUT2D eigenvalue weighted by Crippen LogP contribution is 2.25. The van der Waals surface area contributed by atoms with Gasteiger partial charge in [-0.1, -0.05) is 12.1 Å². The number of urea groups is 1. The molecular weight excluding hydrogens is 394 g/mol. The van der Waals surface area contributed by atoms with Crippen molar-refractivity contribution in [2.75, 3.05) is 23.8 Å². The Labute approximate surface area is 183 Å². The molecule has 0 saturated carbocycles. The second kappa shape index (κ2) is 9.29. The van der Waals surface area contributed by atoms with Crippen LogP contribution < -0.4 is 15.4 Å². The summed E-state index contributed by atoms with van der Waals surface area (Å²) in [5.41, 5.74) is 4.05. The van der Waals surface area contributed by atoms with Crippen molar-refractivity contribution in [1.29, 1.82) is 0 Å². The summed E-state index contributed by atoms with van der Waals surface area (Å²) in [5, 5.41) is 5.72. The van der Waals surface area contributed by atoms with Crippen LogP contribution in [0.25, 0.3) is 0 Å². The molecule has 0 aliphatic carbocycles. The number of anilines is 2. The number of amides is 3. The first-order chi connectivity index (χ1) is 14.6. The number of aryl methyl sites for hydroxylation is 1.